The Labute approximate surface area is 113 Å². The molecule has 1 atom stereocenters. The molecule has 0 aliphatic carbocycles. The number of rotatable bonds is 8. The van der Waals surface area contributed by atoms with E-state index in [1.807, 2.05) is 0 Å². The first kappa shape index (κ1) is 17.6. The van der Waals surface area contributed by atoms with Crippen molar-refractivity contribution in [2.24, 2.45) is 0 Å². The minimum Gasteiger partial charge on any atom is -0.481 e. The van der Waals surface area contributed by atoms with E-state index in [0.29, 0.717) is 6.42 Å². The molecule has 0 radical (unpaired) electrons. The van der Waals surface area contributed by atoms with Crippen molar-refractivity contribution in [1.29, 1.82) is 0 Å². The normalized spacial score (nSPS) is 13.1. The monoisotopic (exact) mass is 295 g/mol. The van der Waals surface area contributed by atoms with E-state index in [0.717, 1.165) is 4.31 Å². The van der Waals surface area contributed by atoms with Gasteiger partial charge in [0.05, 0.1) is 5.75 Å². The van der Waals surface area contributed by atoms with Crippen LogP contribution in [0, 0.1) is 0 Å². The Morgan fingerprint density at radius 1 is 1.32 bits per heavy atom. The predicted octanol–water partition coefficient (Wildman–Crippen LogP) is -0.570. The second kappa shape index (κ2) is 7.95. The number of amides is 2. The highest BCUT2D eigenvalue weighted by Crippen LogP contribution is 1.96. The summed E-state index contributed by atoms with van der Waals surface area (Å²) in [5, 5.41) is 13.4. The molecule has 9 heteroatoms. The molecule has 112 valence electrons. The van der Waals surface area contributed by atoms with Crippen LogP contribution in [-0.4, -0.2) is 62.3 Å². The van der Waals surface area contributed by atoms with Gasteiger partial charge in [0.2, 0.25) is 10.0 Å². The maximum absolute atomic E-state index is 11.4. The van der Waals surface area contributed by atoms with Crippen LogP contribution in [0.15, 0.2) is 0 Å². The summed E-state index contributed by atoms with van der Waals surface area (Å²) in [6, 6.07) is -0.798. The standard InChI is InChI=1S/C10H21N3O5S/c1-8(4-5-9(14)15)12-10(16)11-6-7-19(17,18)13(2)3/h8H,4-7H2,1-3H3,(H,14,15)(H2,11,12,16). The second-order valence-electron chi connectivity index (χ2n) is 4.33. The van der Waals surface area contributed by atoms with Gasteiger partial charge in [0.15, 0.2) is 0 Å². The Hall–Kier alpha value is -1.35. The fourth-order valence-corrected chi connectivity index (χ4v) is 1.89. The van der Waals surface area contributed by atoms with Crippen LogP contribution in [0.1, 0.15) is 19.8 Å². The minimum absolute atomic E-state index is 0.00199. The van der Waals surface area contributed by atoms with E-state index in [-0.39, 0.29) is 24.8 Å². The number of carboxylic acid groups (broad SMARTS) is 1. The summed E-state index contributed by atoms with van der Waals surface area (Å²) in [5.41, 5.74) is 0. The van der Waals surface area contributed by atoms with Crippen LogP contribution in [0.25, 0.3) is 0 Å². The van der Waals surface area contributed by atoms with Crippen molar-refractivity contribution < 1.29 is 23.1 Å². The number of nitrogens with zero attached hydrogens (tertiary/aromatic N) is 1. The summed E-state index contributed by atoms with van der Waals surface area (Å²) in [6.07, 6.45) is 0.287. The molecule has 0 heterocycles. The molecule has 0 aromatic carbocycles. The van der Waals surface area contributed by atoms with Gasteiger partial charge in [-0.05, 0) is 13.3 Å². The number of aliphatic carboxylic acids is 1. The zero-order valence-electron chi connectivity index (χ0n) is 11.3. The maximum atomic E-state index is 11.4. The number of sulfonamides is 1. The van der Waals surface area contributed by atoms with Gasteiger partial charge in [0.25, 0.3) is 0 Å². The molecule has 3 N–H and O–H groups in total. The number of carbonyl (C=O) groups excluding carboxylic acids is 1. The van der Waals surface area contributed by atoms with E-state index in [1.165, 1.54) is 14.1 Å². The highest BCUT2D eigenvalue weighted by atomic mass is 32.2. The molecule has 0 aliphatic heterocycles. The second-order valence-corrected chi connectivity index (χ2v) is 6.63. The van der Waals surface area contributed by atoms with Gasteiger partial charge in [-0.25, -0.2) is 17.5 Å². The van der Waals surface area contributed by atoms with Crippen molar-refractivity contribution in [1.82, 2.24) is 14.9 Å². The minimum atomic E-state index is -3.33. The lowest BCUT2D eigenvalue weighted by molar-refractivity contribution is -0.137. The number of carbonyl (C=O) groups is 2. The van der Waals surface area contributed by atoms with Gasteiger partial charge in [-0.3, -0.25) is 4.79 Å². The molecule has 8 nitrogen and oxygen atoms in total. The molecule has 1 unspecified atom stereocenters. The molecule has 0 spiro atoms. The lowest BCUT2D eigenvalue weighted by atomic mass is 10.2. The smallest absolute Gasteiger partial charge is 0.315 e. The SMILES string of the molecule is CC(CCC(=O)O)NC(=O)NCCS(=O)(=O)N(C)C. The van der Waals surface area contributed by atoms with E-state index < -0.39 is 22.0 Å². The highest BCUT2D eigenvalue weighted by molar-refractivity contribution is 7.89. The van der Waals surface area contributed by atoms with Crippen molar-refractivity contribution in [2.75, 3.05) is 26.4 Å². The topological polar surface area (TPSA) is 116 Å². The van der Waals surface area contributed by atoms with Gasteiger partial charge < -0.3 is 15.7 Å². The van der Waals surface area contributed by atoms with Crippen LogP contribution in [0.4, 0.5) is 4.79 Å². The Balaban J connectivity index is 3.91. The van der Waals surface area contributed by atoms with Crippen molar-refractivity contribution >= 4 is 22.0 Å². The molecule has 0 aromatic rings. The average molecular weight is 295 g/mol. The van der Waals surface area contributed by atoms with Crippen LogP contribution >= 0.6 is 0 Å². The summed E-state index contributed by atoms with van der Waals surface area (Å²) in [6.45, 7) is 1.68. The maximum Gasteiger partial charge on any atom is 0.315 e. The summed E-state index contributed by atoms with van der Waals surface area (Å²) < 4.78 is 23.9. The number of nitrogens with one attached hydrogen (secondary N) is 2. The Morgan fingerprint density at radius 3 is 2.37 bits per heavy atom. The number of hydrogen-bond donors (Lipinski definition) is 3. The first-order valence-corrected chi connectivity index (χ1v) is 7.42. The zero-order chi connectivity index (χ0) is 15.1. The summed E-state index contributed by atoms with van der Waals surface area (Å²) in [7, 11) is -0.491. The Morgan fingerprint density at radius 2 is 1.89 bits per heavy atom. The number of carboxylic acids is 1. The van der Waals surface area contributed by atoms with Crippen LogP contribution in [0.3, 0.4) is 0 Å². The molecule has 0 saturated carbocycles. The van der Waals surface area contributed by atoms with E-state index >= 15 is 0 Å². The van der Waals surface area contributed by atoms with Gasteiger partial charge in [0, 0.05) is 33.1 Å². The van der Waals surface area contributed by atoms with Crippen LogP contribution in [0.2, 0.25) is 0 Å². The van der Waals surface area contributed by atoms with E-state index in [2.05, 4.69) is 10.6 Å². The van der Waals surface area contributed by atoms with E-state index in [9.17, 15) is 18.0 Å². The van der Waals surface area contributed by atoms with Crippen LogP contribution in [0.5, 0.6) is 0 Å². The fraction of sp³-hybridized carbons (Fsp3) is 0.800. The highest BCUT2D eigenvalue weighted by Gasteiger charge is 2.14. The Bertz CT molecular complexity index is 407. The Kier molecular flexibility index (Phi) is 7.38. The third-order valence-corrected chi connectivity index (χ3v) is 4.20. The largest absolute Gasteiger partial charge is 0.481 e. The average Bonchev–Trinajstić information content (AvgIpc) is 2.25. The van der Waals surface area contributed by atoms with Gasteiger partial charge in [0.1, 0.15) is 0 Å². The van der Waals surface area contributed by atoms with Crippen molar-refractivity contribution in [2.45, 2.75) is 25.8 Å². The summed E-state index contributed by atoms with van der Waals surface area (Å²) in [4.78, 5) is 21.7. The number of urea groups is 1. The van der Waals surface area contributed by atoms with Crippen molar-refractivity contribution in [3.05, 3.63) is 0 Å². The molecule has 0 aromatic heterocycles. The van der Waals surface area contributed by atoms with Crippen molar-refractivity contribution in [3.8, 4) is 0 Å². The summed E-state index contributed by atoms with van der Waals surface area (Å²) >= 11 is 0. The molecule has 19 heavy (non-hydrogen) atoms. The predicted molar refractivity (Wildman–Crippen MR) is 70.3 cm³/mol. The van der Waals surface area contributed by atoms with E-state index in [4.69, 9.17) is 5.11 Å². The lowest BCUT2D eigenvalue weighted by Crippen LogP contribution is -2.43. The van der Waals surface area contributed by atoms with Crippen molar-refractivity contribution in [3.63, 3.8) is 0 Å². The third kappa shape index (κ3) is 8.38. The van der Waals surface area contributed by atoms with Crippen LogP contribution in [-0.2, 0) is 14.8 Å². The quantitative estimate of drug-likeness (QED) is 0.554. The van der Waals surface area contributed by atoms with Crippen LogP contribution < -0.4 is 10.6 Å². The summed E-state index contributed by atoms with van der Waals surface area (Å²) in [5.74, 6) is -1.11. The molecular formula is C10H21N3O5S. The molecular weight excluding hydrogens is 274 g/mol. The number of hydrogen-bond acceptors (Lipinski definition) is 4. The fourth-order valence-electron chi connectivity index (χ4n) is 1.16. The zero-order valence-corrected chi connectivity index (χ0v) is 12.2. The van der Waals surface area contributed by atoms with Gasteiger partial charge in [-0.15, -0.1) is 0 Å². The van der Waals surface area contributed by atoms with Gasteiger partial charge in [-0.1, -0.05) is 0 Å². The molecule has 0 bridgehead atoms. The first-order valence-electron chi connectivity index (χ1n) is 5.81. The molecule has 2 amide bonds. The molecule has 0 rings (SSSR count). The third-order valence-electron chi connectivity index (χ3n) is 2.37. The lowest BCUT2D eigenvalue weighted by Gasteiger charge is -2.15. The molecule has 0 fully saturated rings. The molecule has 0 saturated heterocycles. The van der Waals surface area contributed by atoms with Gasteiger partial charge >= 0.3 is 12.0 Å². The van der Waals surface area contributed by atoms with Gasteiger partial charge in [-0.2, -0.15) is 0 Å². The first-order chi connectivity index (χ1) is 8.65. The van der Waals surface area contributed by atoms with E-state index in [1.54, 1.807) is 6.92 Å². The molecule has 0 aliphatic rings.